The Labute approximate surface area is 165 Å². The van der Waals surface area contributed by atoms with Crippen molar-refractivity contribution in [3.63, 3.8) is 0 Å². The minimum atomic E-state index is -4.42. The maximum absolute atomic E-state index is 12.8. The van der Waals surface area contributed by atoms with Gasteiger partial charge in [0.25, 0.3) is 11.5 Å². The maximum Gasteiger partial charge on any atom is 0.417 e. The van der Waals surface area contributed by atoms with Crippen LogP contribution in [-0.4, -0.2) is 52.6 Å². The Hall–Kier alpha value is -2.88. The number of carbonyl (C=O) groups is 1. The number of carbonyl (C=O) groups excluding carboxylic acids is 1. The van der Waals surface area contributed by atoms with Crippen LogP contribution in [-0.2, 0) is 12.7 Å². The number of amides is 1. The molecule has 2 aromatic rings. The van der Waals surface area contributed by atoms with Gasteiger partial charge in [0.1, 0.15) is 5.82 Å². The van der Waals surface area contributed by atoms with Crippen LogP contribution in [0.15, 0.2) is 41.5 Å². The number of hydrogen-bond acceptors (Lipinski definition) is 5. The van der Waals surface area contributed by atoms with E-state index in [0.717, 1.165) is 12.3 Å². The SMILES string of the molecule is C[C@H](N)Cn1cc(C(=O)N2CCN(c3ccc(C(F)(F)F)cn3)CC2)ccc1=O. The van der Waals surface area contributed by atoms with Gasteiger partial charge in [-0.3, -0.25) is 9.59 Å². The summed E-state index contributed by atoms with van der Waals surface area (Å²) in [5.41, 5.74) is 5.11. The first kappa shape index (κ1) is 20.8. The Balaban J connectivity index is 1.65. The summed E-state index contributed by atoms with van der Waals surface area (Å²) < 4.78 is 39.4. The Morgan fingerprint density at radius 3 is 2.41 bits per heavy atom. The lowest BCUT2D eigenvalue weighted by molar-refractivity contribution is -0.137. The number of piperazine rings is 1. The van der Waals surface area contributed by atoms with Crippen LogP contribution in [0.1, 0.15) is 22.8 Å². The Kier molecular flexibility index (Phi) is 5.92. The average Bonchev–Trinajstić information content (AvgIpc) is 2.68. The lowest BCUT2D eigenvalue weighted by Crippen LogP contribution is -2.49. The third-order valence-electron chi connectivity index (χ3n) is 4.68. The fourth-order valence-electron chi connectivity index (χ4n) is 3.17. The third kappa shape index (κ3) is 4.94. The summed E-state index contributed by atoms with van der Waals surface area (Å²) in [4.78, 5) is 32.0. The highest BCUT2D eigenvalue weighted by Crippen LogP contribution is 2.29. The number of halogens is 3. The van der Waals surface area contributed by atoms with Gasteiger partial charge in [0.15, 0.2) is 0 Å². The molecule has 29 heavy (non-hydrogen) atoms. The summed E-state index contributed by atoms with van der Waals surface area (Å²) in [6.07, 6.45) is -2.10. The van der Waals surface area contributed by atoms with Crippen LogP contribution in [0.4, 0.5) is 19.0 Å². The van der Waals surface area contributed by atoms with Gasteiger partial charge in [0.05, 0.1) is 11.1 Å². The van der Waals surface area contributed by atoms with E-state index in [1.165, 1.54) is 29.0 Å². The van der Waals surface area contributed by atoms with Crippen LogP contribution in [0.5, 0.6) is 0 Å². The van der Waals surface area contributed by atoms with Crippen LogP contribution < -0.4 is 16.2 Å². The Morgan fingerprint density at radius 1 is 1.17 bits per heavy atom. The average molecular weight is 409 g/mol. The number of anilines is 1. The molecule has 1 atom stereocenters. The van der Waals surface area contributed by atoms with E-state index in [-0.39, 0.29) is 17.5 Å². The molecule has 0 radical (unpaired) electrons. The van der Waals surface area contributed by atoms with E-state index in [1.807, 2.05) is 4.90 Å². The van der Waals surface area contributed by atoms with Crippen LogP contribution in [0.2, 0.25) is 0 Å². The smallest absolute Gasteiger partial charge is 0.353 e. The molecule has 1 aliphatic rings. The number of nitrogens with zero attached hydrogens (tertiary/aromatic N) is 4. The second-order valence-electron chi connectivity index (χ2n) is 7.07. The molecule has 156 valence electrons. The first-order chi connectivity index (χ1) is 13.6. The van der Waals surface area contributed by atoms with Crippen LogP contribution >= 0.6 is 0 Å². The summed E-state index contributed by atoms with van der Waals surface area (Å²) in [5, 5.41) is 0. The molecule has 7 nitrogen and oxygen atoms in total. The summed E-state index contributed by atoms with van der Waals surface area (Å²) in [6, 6.07) is 4.95. The molecule has 0 unspecified atom stereocenters. The first-order valence-electron chi connectivity index (χ1n) is 9.18. The zero-order valence-electron chi connectivity index (χ0n) is 15.9. The molecular formula is C19H22F3N5O2. The largest absolute Gasteiger partial charge is 0.417 e. The van der Waals surface area contributed by atoms with E-state index in [4.69, 9.17) is 5.73 Å². The van der Waals surface area contributed by atoms with Crippen molar-refractivity contribution in [1.29, 1.82) is 0 Å². The van der Waals surface area contributed by atoms with E-state index >= 15 is 0 Å². The second kappa shape index (κ2) is 8.24. The van der Waals surface area contributed by atoms with E-state index in [0.29, 0.717) is 44.1 Å². The van der Waals surface area contributed by atoms with Crippen molar-refractivity contribution in [3.8, 4) is 0 Å². The van der Waals surface area contributed by atoms with Crippen molar-refractivity contribution in [2.45, 2.75) is 25.7 Å². The molecule has 0 bridgehead atoms. The minimum Gasteiger partial charge on any atom is -0.353 e. The quantitative estimate of drug-likeness (QED) is 0.829. The highest BCUT2D eigenvalue weighted by Gasteiger charge is 2.31. The number of pyridine rings is 2. The Morgan fingerprint density at radius 2 is 1.86 bits per heavy atom. The number of aromatic nitrogens is 2. The maximum atomic E-state index is 12.8. The number of nitrogens with two attached hydrogens (primary N) is 1. The summed E-state index contributed by atoms with van der Waals surface area (Å²) >= 11 is 0. The van der Waals surface area contributed by atoms with E-state index in [2.05, 4.69) is 4.98 Å². The van der Waals surface area contributed by atoms with Crippen LogP contribution in [0.3, 0.4) is 0 Å². The predicted octanol–water partition coefficient (Wildman–Crippen LogP) is 1.57. The van der Waals surface area contributed by atoms with Gasteiger partial charge in [-0.2, -0.15) is 13.2 Å². The zero-order valence-corrected chi connectivity index (χ0v) is 15.9. The number of rotatable bonds is 4. The standard InChI is InChI=1S/C19H22F3N5O2/c1-13(23)11-27-12-14(2-5-17(27)28)18(29)26-8-6-25(7-9-26)16-4-3-15(10-24-16)19(20,21)22/h2-5,10,12-13H,6-9,11,23H2,1H3/t13-/m0/s1. The van der Waals surface area contributed by atoms with Gasteiger partial charge < -0.3 is 20.1 Å². The molecule has 1 saturated heterocycles. The highest BCUT2D eigenvalue weighted by atomic mass is 19.4. The summed E-state index contributed by atoms with van der Waals surface area (Å²) in [5.74, 6) is 0.235. The van der Waals surface area contributed by atoms with Crippen molar-refractivity contribution in [3.05, 3.63) is 58.1 Å². The molecule has 1 aliphatic heterocycles. The molecule has 1 amide bonds. The first-order valence-corrected chi connectivity index (χ1v) is 9.18. The monoisotopic (exact) mass is 409 g/mol. The molecule has 0 saturated carbocycles. The molecule has 10 heteroatoms. The molecule has 3 heterocycles. The second-order valence-corrected chi connectivity index (χ2v) is 7.07. The van der Waals surface area contributed by atoms with Gasteiger partial charge in [0.2, 0.25) is 0 Å². The lowest BCUT2D eigenvalue weighted by atomic mass is 10.2. The zero-order chi connectivity index (χ0) is 21.2. The van der Waals surface area contributed by atoms with E-state index in [1.54, 1.807) is 11.8 Å². The van der Waals surface area contributed by atoms with Gasteiger partial charge in [0, 0.05) is 57.2 Å². The summed E-state index contributed by atoms with van der Waals surface area (Å²) in [7, 11) is 0. The highest BCUT2D eigenvalue weighted by molar-refractivity contribution is 5.94. The van der Waals surface area contributed by atoms with Crippen molar-refractivity contribution in [1.82, 2.24) is 14.5 Å². The topological polar surface area (TPSA) is 84.5 Å². The predicted molar refractivity (Wildman–Crippen MR) is 102 cm³/mol. The van der Waals surface area contributed by atoms with Gasteiger partial charge in [-0.25, -0.2) is 4.98 Å². The fourth-order valence-corrected chi connectivity index (χ4v) is 3.17. The number of alkyl halides is 3. The van der Waals surface area contributed by atoms with Gasteiger partial charge in [-0.05, 0) is 25.1 Å². The molecule has 0 aliphatic carbocycles. The molecular weight excluding hydrogens is 387 g/mol. The van der Waals surface area contributed by atoms with Crippen molar-refractivity contribution in [2.24, 2.45) is 5.73 Å². The van der Waals surface area contributed by atoms with Crippen molar-refractivity contribution < 1.29 is 18.0 Å². The van der Waals surface area contributed by atoms with Gasteiger partial charge >= 0.3 is 6.18 Å². The van der Waals surface area contributed by atoms with E-state index in [9.17, 15) is 22.8 Å². The normalized spacial score (nSPS) is 16.0. The molecule has 3 rings (SSSR count). The van der Waals surface area contributed by atoms with Crippen molar-refractivity contribution >= 4 is 11.7 Å². The minimum absolute atomic E-state index is 0.205. The number of hydrogen-bond donors (Lipinski definition) is 1. The van der Waals surface area contributed by atoms with Gasteiger partial charge in [-0.1, -0.05) is 0 Å². The van der Waals surface area contributed by atoms with Crippen LogP contribution in [0.25, 0.3) is 0 Å². The molecule has 0 aromatic carbocycles. The molecule has 1 fully saturated rings. The molecule has 2 aromatic heterocycles. The molecule has 0 spiro atoms. The van der Waals surface area contributed by atoms with Gasteiger partial charge in [-0.15, -0.1) is 0 Å². The van der Waals surface area contributed by atoms with Crippen molar-refractivity contribution in [2.75, 3.05) is 31.1 Å². The van der Waals surface area contributed by atoms with E-state index < -0.39 is 11.7 Å². The summed E-state index contributed by atoms with van der Waals surface area (Å²) in [6.45, 7) is 3.78. The fraction of sp³-hybridized carbons (Fsp3) is 0.421. The van der Waals surface area contributed by atoms with Crippen LogP contribution in [0, 0.1) is 0 Å². The lowest BCUT2D eigenvalue weighted by Gasteiger charge is -2.35. The Bertz CT molecular complexity index is 917. The molecule has 2 N–H and O–H groups in total. The third-order valence-corrected chi connectivity index (χ3v) is 4.68.